The Balaban J connectivity index is 1.69. The van der Waals surface area contributed by atoms with Gasteiger partial charge in [-0.25, -0.2) is 0 Å². The SMILES string of the molecule is CCCCC12CN3CC(C)(CN(C1)C31CCCCC1)C2=O. The first-order valence-corrected chi connectivity index (χ1v) is 9.10. The Kier molecular flexibility index (Phi) is 3.07. The predicted molar refractivity (Wildman–Crippen MR) is 84.0 cm³/mol. The molecule has 1 saturated carbocycles. The van der Waals surface area contributed by atoms with Gasteiger partial charge < -0.3 is 0 Å². The zero-order valence-corrected chi connectivity index (χ0v) is 13.8. The highest BCUT2D eigenvalue weighted by Gasteiger charge is 2.67. The van der Waals surface area contributed by atoms with E-state index in [9.17, 15) is 4.79 Å². The number of piperidine rings is 2. The van der Waals surface area contributed by atoms with Crippen LogP contribution in [0.5, 0.6) is 0 Å². The summed E-state index contributed by atoms with van der Waals surface area (Å²) in [6.45, 7) is 8.64. The van der Waals surface area contributed by atoms with Crippen molar-refractivity contribution in [3.8, 4) is 0 Å². The summed E-state index contributed by atoms with van der Waals surface area (Å²) in [6, 6.07) is 0. The lowest BCUT2D eigenvalue weighted by Crippen LogP contribution is -2.83. The second kappa shape index (κ2) is 4.55. The topological polar surface area (TPSA) is 23.6 Å². The van der Waals surface area contributed by atoms with Gasteiger partial charge in [-0.3, -0.25) is 14.6 Å². The molecule has 3 nitrogen and oxygen atoms in total. The van der Waals surface area contributed by atoms with Crippen molar-refractivity contribution in [3.05, 3.63) is 0 Å². The lowest BCUT2D eigenvalue weighted by atomic mass is 9.57. The number of hydrogen-bond donors (Lipinski definition) is 0. The van der Waals surface area contributed by atoms with Crippen molar-refractivity contribution in [1.29, 1.82) is 0 Å². The highest BCUT2D eigenvalue weighted by Crippen LogP contribution is 2.56. The minimum Gasteiger partial charge on any atom is -0.298 e. The predicted octanol–water partition coefficient (Wildman–Crippen LogP) is 3.04. The summed E-state index contributed by atoms with van der Waals surface area (Å²) in [6.07, 6.45) is 10.3. The molecule has 0 radical (unpaired) electrons. The van der Waals surface area contributed by atoms with Crippen LogP contribution in [0.25, 0.3) is 0 Å². The summed E-state index contributed by atoms with van der Waals surface area (Å²) in [5.74, 6) is 0.599. The number of carbonyl (C=O) groups excluding carboxylic acids is 1. The fourth-order valence-electron chi connectivity index (χ4n) is 6.04. The molecule has 0 aromatic heterocycles. The average molecular weight is 290 g/mol. The molecule has 4 saturated heterocycles. The summed E-state index contributed by atoms with van der Waals surface area (Å²) in [4.78, 5) is 18.6. The molecular formula is C18H30N2O. The van der Waals surface area contributed by atoms with E-state index in [0.29, 0.717) is 11.4 Å². The van der Waals surface area contributed by atoms with Crippen molar-refractivity contribution in [3.63, 3.8) is 0 Å². The van der Waals surface area contributed by atoms with Crippen LogP contribution >= 0.6 is 0 Å². The van der Waals surface area contributed by atoms with Crippen LogP contribution in [0.3, 0.4) is 0 Å². The van der Waals surface area contributed by atoms with Gasteiger partial charge in [-0.1, -0.05) is 46.0 Å². The number of nitrogens with zero attached hydrogens (tertiary/aromatic N) is 2. The van der Waals surface area contributed by atoms with E-state index in [-0.39, 0.29) is 10.8 Å². The molecule has 0 N–H and O–H groups in total. The van der Waals surface area contributed by atoms with Crippen molar-refractivity contribution in [2.45, 2.75) is 70.9 Å². The molecular weight excluding hydrogens is 260 g/mol. The smallest absolute Gasteiger partial charge is 0.150 e. The minimum atomic E-state index is -0.0903. The van der Waals surface area contributed by atoms with Gasteiger partial charge in [-0.2, -0.15) is 0 Å². The lowest BCUT2D eigenvalue weighted by Gasteiger charge is -2.71. The van der Waals surface area contributed by atoms with Crippen molar-refractivity contribution in [1.82, 2.24) is 9.80 Å². The Bertz CT molecular complexity index is 434. The van der Waals surface area contributed by atoms with Gasteiger partial charge in [-0.15, -0.1) is 0 Å². The molecule has 21 heavy (non-hydrogen) atoms. The van der Waals surface area contributed by atoms with Crippen molar-refractivity contribution in [2.24, 2.45) is 10.8 Å². The van der Waals surface area contributed by atoms with Gasteiger partial charge in [0.25, 0.3) is 0 Å². The molecule has 1 aliphatic carbocycles. The van der Waals surface area contributed by atoms with E-state index in [0.717, 1.165) is 32.6 Å². The van der Waals surface area contributed by atoms with Crippen LogP contribution in [-0.2, 0) is 4.79 Å². The third-order valence-electron chi connectivity index (χ3n) is 6.94. The first-order chi connectivity index (χ1) is 10.0. The van der Waals surface area contributed by atoms with E-state index in [2.05, 4.69) is 23.6 Å². The van der Waals surface area contributed by atoms with E-state index in [1.54, 1.807) is 0 Å². The highest BCUT2D eigenvalue weighted by atomic mass is 16.1. The third kappa shape index (κ3) is 1.77. The summed E-state index contributed by atoms with van der Waals surface area (Å²) >= 11 is 0. The molecule has 4 aliphatic heterocycles. The van der Waals surface area contributed by atoms with E-state index in [1.165, 1.54) is 44.9 Å². The Hall–Kier alpha value is -0.410. The van der Waals surface area contributed by atoms with Crippen LogP contribution in [-0.4, -0.2) is 47.4 Å². The molecule has 4 bridgehead atoms. The van der Waals surface area contributed by atoms with Gasteiger partial charge in [0.1, 0.15) is 5.78 Å². The molecule has 5 fully saturated rings. The second-order valence-corrected chi connectivity index (χ2v) is 8.53. The second-order valence-electron chi connectivity index (χ2n) is 8.53. The van der Waals surface area contributed by atoms with Crippen molar-refractivity contribution < 1.29 is 4.79 Å². The Morgan fingerprint density at radius 1 is 1.00 bits per heavy atom. The molecule has 5 rings (SSSR count). The number of hydrogen-bond acceptors (Lipinski definition) is 3. The third-order valence-corrected chi connectivity index (χ3v) is 6.94. The number of ketones is 1. The molecule has 118 valence electrons. The standard InChI is InChI=1S/C18H30N2O/c1-3-4-8-17-13-19-11-16(2,15(17)21)12-20(14-17)18(19)9-6-5-7-10-18/h3-14H2,1-2H3. The monoisotopic (exact) mass is 290 g/mol. The summed E-state index contributed by atoms with van der Waals surface area (Å²) in [5.41, 5.74) is 0.199. The fourth-order valence-corrected chi connectivity index (χ4v) is 6.04. The first kappa shape index (κ1) is 14.2. The summed E-state index contributed by atoms with van der Waals surface area (Å²) < 4.78 is 0. The summed E-state index contributed by atoms with van der Waals surface area (Å²) in [5, 5.41) is 0. The van der Waals surface area contributed by atoms with Gasteiger partial charge in [0.15, 0.2) is 0 Å². The molecule has 3 heteroatoms. The normalized spacial score (nSPS) is 47.2. The van der Waals surface area contributed by atoms with Gasteiger partial charge in [0.2, 0.25) is 0 Å². The van der Waals surface area contributed by atoms with E-state index in [1.807, 2.05) is 0 Å². The van der Waals surface area contributed by atoms with Crippen LogP contribution in [0.1, 0.15) is 65.2 Å². The number of Topliss-reactive ketones (excluding diaryl/α,β-unsaturated/α-hetero) is 1. The molecule has 0 amide bonds. The van der Waals surface area contributed by atoms with Crippen LogP contribution in [0, 0.1) is 10.8 Å². The van der Waals surface area contributed by atoms with Gasteiger partial charge in [-0.05, 0) is 19.3 Å². The van der Waals surface area contributed by atoms with Gasteiger partial charge in [0.05, 0.1) is 16.5 Å². The van der Waals surface area contributed by atoms with E-state index in [4.69, 9.17) is 0 Å². The van der Waals surface area contributed by atoms with Crippen molar-refractivity contribution >= 4 is 5.78 Å². The van der Waals surface area contributed by atoms with E-state index < -0.39 is 0 Å². The highest BCUT2D eigenvalue weighted by molar-refractivity contribution is 5.93. The number of carbonyl (C=O) groups is 1. The first-order valence-electron chi connectivity index (χ1n) is 9.10. The molecule has 1 spiro atoms. The van der Waals surface area contributed by atoms with Crippen molar-refractivity contribution in [2.75, 3.05) is 26.2 Å². The van der Waals surface area contributed by atoms with Crippen LogP contribution in [0.15, 0.2) is 0 Å². The molecule has 2 atom stereocenters. The zero-order valence-electron chi connectivity index (χ0n) is 13.8. The molecule has 4 heterocycles. The zero-order chi connectivity index (χ0) is 14.7. The molecule has 0 aromatic carbocycles. The summed E-state index contributed by atoms with van der Waals surface area (Å²) in [7, 11) is 0. The Labute approximate surface area is 129 Å². The Morgan fingerprint density at radius 3 is 2.19 bits per heavy atom. The number of rotatable bonds is 3. The largest absolute Gasteiger partial charge is 0.298 e. The van der Waals surface area contributed by atoms with Crippen LogP contribution in [0.4, 0.5) is 0 Å². The van der Waals surface area contributed by atoms with E-state index >= 15 is 0 Å². The van der Waals surface area contributed by atoms with Gasteiger partial charge >= 0.3 is 0 Å². The van der Waals surface area contributed by atoms with Crippen LogP contribution in [0.2, 0.25) is 0 Å². The van der Waals surface area contributed by atoms with Crippen LogP contribution < -0.4 is 0 Å². The quantitative estimate of drug-likeness (QED) is 0.798. The Morgan fingerprint density at radius 2 is 1.62 bits per heavy atom. The van der Waals surface area contributed by atoms with Gasteiger partial charge in [0, 0.05) is 26.2 Å². The molecule has 5 aliphatic rings. The minimum absolute atomic E-state index is 0.0377. The maximum atomic E-state index is 13.1. The maximum Gasteiger partial charge on any atom is 0.150 e. The lowest BCUT2D eigenvalue weighted by molar-refractivity contribution is -0.241. The maximum absolute atomic E-state index is 13.1. The molecule has 0 aromatic rings. The average Bonchev–Trinajstić information content (AvgIpc) is 2.47. The number of unbranched alkanes of at least 4 members (excludes halogenated alkanes) is 1. The fraction of sp³-hybridized carbons (Fsp3) is 0.944. The molecule has 2 unspecified atom stereocenters.